The van der Waals surface area contributed by atoms with Gasteiger partial charge in [-0.05, 0) is 5.56 Å². The lowest BCUT2D eigenvalue weighted by Crippen LogP contribution is -2.40. The van der Waals surface area contributed by atoms with E-state index in [1.54, 1.807) is 0 Å². The fourth-order valence-corrected chi connectivity index (χ4v) is 1.20. The van der Waals surface area contributed by atoms with E-state index in [1.807, 2.05) is 36.4 Å². The van der Waals surface area contributed by atoms with Crippen LogP contribution in [-0.2, 0) is 6.54 Å². The number of benzene rings is 1. The summed E-state index contributed by atoms with van der Waals surface area (Å²) in [4.78, 5) is 0. The minimum atomic E-state index is -1.04. The molecule has 0 amide bonds. The molecule has 0 saturated heterocycles. The first-order valence-corrected chi connectivity index (χ1v) is 4.73. The van der Waals surface area contributed by atoms with Crippen LogP contribution in [0.2, 0.25) is 0 Å². The fourth-order valence-electron chi connectivity index (χ4n) is 1.20. The Morgan fingerprint density at radius 3 is 2.53 bits per heavy atom. The van der Waals surface area contributed by atoms with Crippen molar-refractivity contribution in [2.24, 2.45) is 0 Å². The molecule has 4 nitrogen and oxygen atoms in total. The largest absolute Gasteiger partial charge is 0.394 e. The molecule has 1 aromatic rings. The molecule has 4 heteroatoms. The van der Waals surface area contributed by atoms with Gasteiger partial charge < -0.3 is 10.2 Å². The molecule has 3 N–H and O–H groups in total. The van der Waals surface area contributed by atoms with Crippen LogP contribution in [0.15, 0.2) is 30.3 Å². The number of hydrogen-bond donors (Lipinski definition) is 3. The molecule has 0 fully saturated rings. The average molecular weight is 206 g/mol. The van der Waals surface area contributed by atoms with Gasteiger partial charge in [0.15, 0.2) is 0 Å². The lowest BCUT2D eigenvalue weighted by atomic mass is 10.1. The molecule has 80 valence electrons. The molecule has 1 aromatic carbocycles. The monoisotopic (exact) mass is 206 g/mol. The number of hydrogen-bond acceptors (Lipinski definition) is 4. The number of aliphatic hydroxyl groups is 2. The van der Waals surface area contributed by atoms with E-state index in [-0.39, 0.29) is 0 Å². The quantitative estimate of drug-likeness (QED) is 0.635. The van der Waals surface area contributed by atoms with Gasteiger partial charge in [-0.15, -0.1) is 0 Å². The molecule has 0 aliphatic carbocycles. The molecule has 2 atom stereocenters. The van der Waals surface area contributed by atoms with Crippen LogP contribution < -0.4 is 5.32 Å². The van der Waals surface area contributed by atoms with Crippen molar-refractivity contribution in [3.8, 4) is 6.07 Å². The molecular formula is C11H14N2O2. The van der Waals surface area contributed by atoms with Gasteiger partial charge in [-0.1, -0.05) is 30.3 Å². The highest BCUT2D eigenvalue weighted by Gasteiger charge is 2.16. The van der Waals surface area contributed by atoms with Gasteiger partial charge in [0, 0.05) is 6.54 Å². The molecule has 0 aliphatic heterocycles. The summed E-state index contributed by atoms with van der Waals surface area (Å²) in [6, 6.07) is 10.7. The van der Waals surface area contributed by atoms with Gasteiger partial charge in [0.05, 0.1) is 12.7 Å². The maximum Gasteiger partial charge on any atom is 0.124 e. The molecule has 0 saturated carbocycles. The van der Waals surface area contributed by atoms with E-state index in [2.05, 4.69) is 5.32 Å². The van der Waals surface area contributed by atoms with Crippen molar-refractivity contribution in [1.29, 1.82) is 5.26 Å². The highest BCUT2D eigenvalue weighted by atomic mass is 16.3. The summed E-state index contributed by atoms with van der Waals surface area (Å²) in [6.45, 7) is 0.0795. The predicted octanol–water partition coefficient (Wildman–Crippen LogP) is 0.0216. The van der Waals surface area contributed by atoms with Crippen LogP contribution in [0.3, 0.4) is 0 Å². The van der Waals surface area contributed by atoms with Gasteiger partial charge in [0.25, 0.3) is 0 Å². The van der Waals surface area contributed by atoms with Crippen LogP contribution in [0, 0.1) is 11.3 Å². The highest BCUT2D eigenvalue weighted by molar-refractivity contribution is 5.14. The standard InChI is InChI=1S/C11H14N2O2/c12-6-10(11(15)8-14)13-7-9-4-2-1-3-5-9/h1-5,10-11,13-15H,7-8H2. The van der Waals surface area contributed by atoms with Crippen LogP contribution in [-0.4, -0.2) is 29.0 Å². The summed E-state index contributed by atoms with van der Waals surface area (Å²) in [7, 11) is 0. The molecule has 0 bridgehead atoms. The van der Waals surface area contributed by atoms with Crippen molar-refractivity contribution in [3.63, 3.8) is 0 Å². The van der Waals surface area contributed by atoms with E-state index in [9.17, 15) is 5.11 Å². The Morgan fingerprint density at radius 2 is 2.00 bits per heavy atom. The first-order valence-electron chi connectivity index (χ1n) is 4.73. The smallest absolute Gasteiger partial charge is 0.124 e. The Balaban J connectivity index is 2.46. The summed E-state index contributed by atoms with van der Waals surface area (Å²) < 4.78 is 0. The highest BCUT2D eigenvalue weighted by Crippen LogP contribution is 1.99. The summed E-state index contributed by atoms with van der Waals surface area (Å²) in [5.41, 5.74) is 1.03. The van der Waals surface area contributed by atoms with E-state index in [0.717, 1.165) is 5.56 Å². The van der Waals surface area contributed by atoms with Crippen LogP contribution in [0.25, 0.3) is 0 Å². The van der Waals surface area contributed by atoms with Gasteiger partial charge in [0.1, 0.15) is 12.1 Å². The molecule has 0 spiro atoms. The van der Waals surface area contributed by atoms with E-state index in [0.29, 0.717) is 6.54 Å². The Hall–Kier alpha value is -1.41. The summed E-state index contributed by atoms with van der Waals surface area (Å²) in [5, 5.41) is 29.5. The Labute approximate surface area is 88.8 Å². The van der Waals surface area contributed by atoms with E-state index in [1.165, 1.54) is 0 Å². The zero-order chi connectivity index (χ0) is 11.1. The fraction of sp³-hybridized carbons (Fsp3) is 0.364. The topological polar surface area (TPSA) is 76.3 Å². The van der Waals surface area contributed by atoms with Crippen LogP contribution in [0.5, 0.6) is 0 Å². The third-order valence-corrected chi connectivity index (χ3v) is 2.08. The summed E-state index contributed by atoms with van der Waals surface area (Å²) in [5.74, 6) is 0. The molecule has 0 radical (unpaired) electrons. The third-order valence-electron chi connectivity index (χ3n) is 2.08. The Bertz CT molecular complexity index is 321. The number of nitrogens with zero attached hydrogens (tertiary/aromatic N) is 1. The average Bonchev–Trinajstić information content (AvgIpc) is 2.31. The van der Waals surface area contributed by atoms with Crippen molar-refractivity contribution in [2.45, 2.75) is 18.7 Å². The SMILES string of the molecule is N#CC(NCc1ccccc1)C(O)CO. The Kier molecular flexibility index (Phi) is 4.78. The maximum atomic E-state index is 9.26. The van der Waals surface area contributed by atoms with Gasteiger partial charge in [-0.3, -0.25) is 5.32 Å². The first-order chi connectivity index (χ1) is 7.27. The minimum absolute atomic E-state index is 0.417. The van der Waals surface area contributed by atoms with Crippen LogP contribution >= 0.6 is 0 Å². The number of nitrogens with one attached hydrogen (secondary N) is 1. The summed E-state index contributed by atoms with van der Waals surface area (Å²) in [6.07, 6.45) is -1.04. The molecule has 2 unspecified atom stereocenters. The normalized spacial score (nSPS) is 14.2. The van der Waals surface area contributed by atoms with Crippen molar-refractivity contribution < 1.29 is 10.2 Å². The van der Waals surface area contributed by atoms with Crippen molar-refractivity contribution in [1.82, 2.24) is 5.32 Å². The second-order valence-electron chi connectivity index (χ2n) is 3.22. The van der Waals surface area contributed by atoms with Gasteiger partial charge in [-0.25, -0.2) is 0 Å². The van der Waals surface area contributed by atoms with Gasteiger partial charge >= 0.3 is 0 Å². The van der Waals surface area contributed by atoms with Crippen molar-refractivity contribution in [3.05, 3.63) is 35.9 Å². The van der Waals surface area contributed by atoms with Gasteiger partial charge in [0.2, 0.25) is 0 Å². The molecule has 0 heterocycles. The second kappa shape index (κ2) is 6.14. The summed E-state index contributed by atoms with van der Waals surface area (Å²) >= 11 is 0. The molecular weight excluding hydrogens is 192 g/mol. The van der Waals surface area contributed by atoms with E-state index >= 15 is 0 Å². The lowest BCUT2D eigenvalue weighted by Gasteiger charge is -2.15. The molecule has 0 aromatic heterocycles. The van der Waals surface area contributed by atoms with Crippen molar-refractivity contribution in [2.75, 3.05) is 6.61 Å². The first kappa shape index (κ1) is 11.7. The van der Waals surface area contributed by atoms with Crippen LogP contribution in [0.4, 0.5) is 0 Å². The van der Waals surface area contributed by atoms with Gasteiger partial charge in [-0.2, -0.15) is 5.26 Å². The number of nitriles is 1. The van der Waals surface area contributed by atoms with E-state index in [4.69, 9.17) is 10.4 Å². The van der Waals surface area contributed by atoms with E-state index < -0.39 is 18.8 Å². The predicted molar refractivity (Wildman–Crippen MR) is 55.8 cm³/mol. The zero-order valence-electron chi connectivity index (χ0n) is 8.30. The lowest BCUT2D eigenvalue weighted by molar-refractivity contribution is 0.0772. The second-order valence-corrected chi connectivity index (χ2v) is 3.22. The maximum absolute atomic E-state index is 9.26. The zero-order valence-corrected chi connectivity index (χ0v) is 8.30. The van der Waals surface area contributed by atoms with Crippen molar-refractivity contribution >= 4 is 0 Å². The molecule has 0 aliphatic rings. The Morgan fingerprint density at radius 1 is 1.33 bits per heavy atom. The third kappa shape index (κ3) is 3.68. The molecule has 15 heavy (non-hydrogen) atoms. The van der Waals surface area contributed by atoms with Crippen LogP contribution in [0.1, 0.15) is 5.56 Å². The number of aliphatic hydroxyl groups excluding tert-OH is 2. The molecule has 1 rings (SSSR count). The minimum Gasteiger partial charge on any atom is -0.394 e. The number of rotatable bonds is 5.